The van der Waals surface area contributed by atoms with Gasteiger partial charge in [-0.15, -0.1) is 24.8 Å². The highest BCUT2D eigenvalue weighted by atomic mass is 35.5. The predicted molar refractivity (Wildman–Crippen MR) is 110 cm³/mol. The Labute approximate surface area is 175 Å². The smallest absolute Gasteiger partial charge is 0.224 e. The van der Waals surface area contributed by atoms with Gasteiger partial charge in [-0.25, -0.2) is 4.98 Å². The summed E-state index contributed by atoms with van der Waals surface area (Å²) in [5.74, 6) is 0.995. The molecule has 0 radical (unpaired) electrons. The molecule has 1 saturated heterocycles. The lowest BCUT2D eigenvalue weighted by Gasteiger charge is -2.29. The lowest BCUT2D eigenvalue weighted by molar-refractivity contribution is -0.133. The van der Waals surface area contributed by atoms with E-state index in [0.717, 1.165) is 42.3 Å². The van der Waals surface area contributed by atoms with Gasteiger partial charge in [0.15, 0.2) is 0 Å². The molecule has 6 nitrogen and oxygen atoms in total. The Hall–Kier alpha value is -1.31. The van der Waals surface area contributed by atoms with E-state index in [4.69, 9.17) is 21.3 Å². The number of halogens is 3. The molecule has 4 rings (SSSR count). The van der Waals surface area contributed by atoms with E-state index in [1.165, 1.54) is 0 Å². The molecule has 0 spiro atoms. The maximum atomic E-state index is 12.6. The minimum Gasteiger partial charge on any atom is -0.378 e. The van der Waals surface area contributed by atoms with Gasteiger partial charge >= 0.3 is 0 Å². The van der Waals surface area contributed by atoms with Crippen LogP contribution in [-0.4, -0.2) is 53.1 Å². The van der Waals surface area contributed by atoms with Crippen molar-refractivity contribution in [3.8, 4) is 11.4 Å². The second-order valence-electron chi connectivity index (χ2n) is 6.51. The summed E-state index contributed by atoms with van der Waals surface area (Å²) in [6, 6.07) is 7.73. The molecule has 2 N–H and O–H groups in total. The molecular formula is C18H23Cl3N4O2. The van der Waals surface area contributed by atoms with Crippen LogP contribution < -0.4 is 5.32 Å². The van der Waals surface area contributed by atoms with Crippen LogP contribution in [0.1, 0.15) is 17.8 Å². The molecule has 1 fully saturated rings. The summed E-state index contributed by atoms with van der Waals surface area (Å²) in [6.07, 6.45) is 1.26. The van der Waals surface area contributed by atoms with E-state index < -0.39 is 0 Å². The van der Waals surface area contributed by atoms with E-state index >= 15 is 0 Å². The van der Waals surface area contributed by atoms with Crippen LogP contribution in [0.15, 0.2) is 24.3 Å². The summed E-state index contributed by atoms with van der Waals surface area (Å²) in [6.45, 7) is 3.44. The predicted octanol–water partition coefficient (Wildman–Crippen LogP) is 2.84. The standard InChI is InChI=1S/C18H21ClN4O2.2ClH/c19-13-3-1-12(2-4-13)18-21-15-5-7-23(10-16(15)22-18)17(24)9-14-11-25-8-6-20-14;;/h1-4,14,20H,5-11H2,(H,21,22);2*1H. The number of nitrogens with one attached hydrogen (secondary N) is 2. The van der Waals surface area contributed by atoms with E-state index in [9.17, 15) is 4.79 Å². The molecule has 0 saturated carbocycles. The first-order valence-electron chi connectivity index (χ1n) is 8.61. The maximum Gasteiger partial charge on any atom is 0.224 e. The zero-order valence-corrected chi connectivity index (χ0v) is 17.1. The summed E-state index contributed by atoms with van der Waals surface area (Å²) in [7, 11) is 0. The summed E-state index contributed by atoms with van der Waals surface area (Å²) in [5.41, 5.74) is 3.07. The first kappa shape index (κ1) is 22.0. The first-order valence-corrected chi connectivity index (χ1v) is 8.99. The molecule has 2 aliphatic rings. The van der Waals surface area contributed by atoms with Gasteiger partial charge in [-0.1, -0.05) is 11.6 Å². The number of hydrogen-bond donors (Lipinski definition) is 2. The van der Waals surface area contributed by atoms with Crippen LogP contribution in [0.4, 0.5) is 0 Å². The summed E-state index contributed by atoms with van der Waals surface area (Å²) < 4.78 is 5.43. The number of H-pyrrole nitrogens is 1. The normalized spacial score (nSPS) is 18.9. The average Bonchev–Trinajstić information content (AvgIpc) is 3.06. The topological polar surface area (TPSA) is 70.2 Å². The monoisotopic (exact) mass is 432 g/mol. The number of amides is 1. The molecule has 9 heteroatoms. The second kappa shape index (κ2) is 9.75. The van der Waals surface area contributed by atoms with E-state index in [2.05, 4.69) is 10.3 Å². The first-order chi connectivity index (χ1) is 12.2. The van der Waals surface area contributed by atoms with Crippen molar-refractivity contribution in [2.45, 2.75) is 25.4 Å². The Balaban J connectivity index is 0.00000131. The molecule has 1 amide bonds. The molecule has 0 bridgehead atoms. The highest BCUT2D eigenvalue weighted by Gasteiger charge is 2.26. The highest BCUT2D eigenvalue weighted by molar-refractivity contribution is 6.30. The lowest BCUT2D eigenvalue weighted by atomic mass is 10.1. The number of nitrogens with zero attached hydrogens (tertiary/aromatic N) is 2. The fourth-order valence-corrected chi connectivity index (χ4v) is 3.47. The quantitative estimate of drug-likeness (QED) is 0.781. The molecule has 1 aromatic carbocycles. The van der Waals surface area contributed by atoms with Crippen molar-refractivity contribution >= 4 is 42.3 Å². The van der Waals surface area contributed by atoms with Crippen LogP contribution >= 0.6 is 36.4 Å². The molecule has 1 unspecified atom stereocenters. The fraction of sp³-hybridized carbons (Fsp3) is 0.444. The molecule has 148 valence electrons. The minimum absolute atomic E-state index is 0. The van der Waals surface area contributed by atoms with Crippen molar-refractivity contribution in [3.05, 3.63) is 40.7 Å². The van der Waals surface area contributed by atoms with Gasteiger partial charge in [-0.3, -0.25) is 4.79 Å². The summed E-state index contributed by atoms with van der Waals surface area (Å²) in [4.78, 5) is 22.5. The van der Waals surface area contributed by atoms with Crippen LogP contribution in [0, 0.1) is 0 Å². The summed E-state index contributed by atoms with van der Waals surface area (Å²) >= 11 is 5.95. The van der Waals surface area contributed by atoms with Crippen LogP contribution in [-0.2, 0) is 22.5 Å². The number of aromatic nitrogens is 2. The van der Waals surface area contributed by atoms with Crippen LogP contribution in [0.3, 0.4) is 0 Å². The Morgan fingerprint density at radius 1 is 1.30 bits per heavy atom. The average molecular weight is 434 g/mol. The van der Waals surface area contributed by atoms with Crippen LogP contribution in [0.25, 0.3) is 11.4 Å². The molecule has 1 aromatic heterocycles. The van der Waals surface area contributed by atoms with E-state index in [1.54, 1.807) is 0 Å². The number of rotatable bonds is 3. The van der Waals surface area contributed by atoms with Gasteiger partial charge in [-0.2, -0.15) is 0 Å². The van der Waals surface area contributed by atoms with E-state index in [1.807, 2.05) is 29.2 Å². The minimum atomic E-state index is 0. The van der Waals surface area contributed by atoms with Gasteiger partial charge in [0.2, 0.25) is 5.91 Å². The number of benzene rings is 1. The molecule has 1 atom stereocenters. The summed E-state index contributed by atoms with van der Waals surface area (Å²) in [5, 5.41) is 4.04. The Bertz CT molecular complexity index is 760. The van der Waals surface area contributed by atoms with E-state index in [0.29, 0.717) is 31.1 Å². The van der Waals surface area contributed by atoms with Crippen molar-refractivity contribution in [1.29, 1.82) is 0 Å². The molecule has 3 heterocycles. The SMILES string of the molecule is Cl.Cl.O=C(CC1COCCN1)N1CCc2nc(-c3ccc(Cl)cc3)[nH]c2C1. The number of ether oxygens (including phenoxy) is 1. The fourth-order valence-electron chi connectivity index (χ4n) is 3.34. The zero-order valence-electron chi connectivity index (χ0n) is 14.7. The van der Waals surface area contributed by atoms with Gasteiger partial charge in [0.1, 0.15) is 5.82 Å². The number of morpholine rings is 1. The number of aromatic amines is 1. The third kappa shape index (κ3) is 5.15. The Morgan fingerprint density at radius 3 is 2.78 bits per heavy atom. The van der Waals surface area contributed by atoms with Gasteiger partial charge < -0.3 is 19.9 Å². The molecule has 27 heavy (non-hydrogen) atoms. The lowest BCUT2D eigenvalue weighted by Crippen LogP contribution is -2.46. The molecule has 2 aromatic rings. The van der Waals surface area contributed by atoms with Gasteiger partial charge in [0.25, 0.3) is 0 Å². The van der Waals surface area contributed by atoms with Gasteiger partial charge in [0.05, 0.1) is 31.1 Å². The maximum absolute atomic E-state index is 12.6. The Kier molecular flexibility index (Phi) is 7.94. The van der Waals surface area contributed by atoms with Gasteiger partial charge in [-0.05, 0) is 24.3 Å². The third-order valence-corrected chi connectivity index (χ3v) is 4.97. The number of hydrogen-bond acceptors (Lipinski definition) is 4. The zero-order chi connectivity index (χ0) is 17.2. The Morgan fingerprint density at radius 2 is 2.07 bits per heavy atom. The van der Waals surface area contributed by atoms with Crippen LogP contribution in [0.2, 0.25) is 5.02 Å². The van der Waals surface area contributed by atoms with Crippen molar-refractivity contribution in [2.24, 2.45) is 0 Å². The third-order valence-electron chi connectivity index (χ3n) is 4.72. The number of carbonyl (C=O) groups excluding carboxylic acids is 1. The van der Waals surface area contributed by atoms with E-state index in [-0.39, 0.29) is 36.8 Å². The number of imidazole rings is 1. The second-order valence-corrected chi connectivity index (χ2v) is 6.95. The molecule has 0 aliphatic carbocycles. The molecular weight excluding hydrogens is 411 g/mol. The van der Waals surface area contributed by atoms with Crippen LogP contribution in [0.5, 0.6) is 0 Å². The van der Waals surface area contributed by atoms with Crippen molar-refractivity contribution < 1.29 is 9.53 Å². The number of carbonyl (C=O) groups is 1. The molecule has 2 aliphatic heterocycles. The number of fused-ring (bicyclic) bond motifs is 1. The van der Waals surface area contributed by atoms with Crippen molar-refractivity contribution in [2.75, 3.05) is 26.3 Å². The highest BCUT2D eigenvalue weighted by Crippen LogP contribution is 2.24. The largest absolute Gasteiger partial charge is 0.378 e. The van der Waals surface area contributed by atoms with Gasteiger partial charge in [0, 0.05) is 42.6 Å². The van der Waals surface area contributed by atoms with Crippen molar-refractivity contribution in [3.63, 3.8) is 0 Å². The van der Waals surface area contributed by atoms with Crippen molar-refractivity contribution in [1.82, 2.24) is 20.2 Å².